The van der Waals surface area contributed by atoms with Crippen molar-refractivity contribution in [3.8, 4) is 0 Å². The number of aldehydes is 2. The van der Waals surface area contributed by atoms with Gasteiger partial charge in [-0.05, 0) is 12.1 Å². The van der Waals surface area contributed by atoms with Crippen LogP contribution in [0.15, 0.2) is 22.7 Å². The average molecular weight is 213 g/mol. The maximum absolute atomic E-state index is 10.3. The molecule has 0 amide bonds. The molecule has 1 aromatic rings. The number of carbonyl (C=O) groups excluding carboxylic acids is 2. The van der Waals surface area contributed by atoms with Crippen LogP contribution in [-0.4, -0.2) is 12.6 Å². The summed E-state index contributed by atoms with van der Waals surface area (Å²) in [6, 6.07) is 4.85. The zero-order valence-electron chi connectivity index (χ0n) is 5.58. The summed E-state index contributed by atoms with van der Waals surface area (Å²) in [5, 5.41) is 0. The van der Waals surface area contributed by atoms with Crippen LogP contribution >= 0.6 is 15.9 Å². The van der Waals surface area contributed by atoms with Gasteiger partial charge in [0.05, 0.1) is 0 Å². The largest absolute Gasteiger partial charge is 0.298 e. The Morgan fingerprint density at radius 2 is 1.91 bits per heavy atom. The fourth-order valence-corrected chi connectivity index (χ4v) is 1.07. The molecular formula is C8H5BrO2. The monoisotopic (exact) mass is 212 g/mol. The van der Waals surface area contributed by atoms with Crippen LogP contribution in [0.1, 0.15) is 20.7 Å². The second-order valence-electron chi connectivity index (χ2n) is 2.02. The van der Waals surface area contributed by atoms with Crippen molar-refractivity contribution in [2.45, 2.75) is 0 Å². The third-order valence-corrected chi connectivity index (χ3v) is 2.01. The van der Waals surface area contributed by atoms with Gasteiger partial charge in [0.25, 0.3) is 0 Å². The van der Waals surface area contributed by atoms with Gasteiger partial charge >= 0.3 is 0 Å². The first-order valence-electron chi connectivity index (χ1n) is 2.98. The van der Waals surface area contributed by atoms with Gasteiger partial charge < -0.3 is 0 Å². The van der Waals surface area contributed by atoms with Crippen molar-refractivity contribution in [2.75, 3.05) is 0 Å². The Morgan fingerprint density at radius 1 is 1.18 bits per heavy atom. The van der Waals surface area contributed by atoms with Crippen molar-refractivity contribution < 1.29 is 9.59 Å². The van der Waals surface area contributed by atoms with E-state index in [9.17, 15) is 9.59 Å². The highest BCUT2D eigenvalue weighted by molar-refractivity contribution is 9.10. The van der Waals surface area contributed by atoms with E-state index >= 15 is 0 Å². The van der Waals surface area contributed by atoms with Crippen LogP contribution in [-0.2, 0) is 0 Å². The molecule has 0 N–H and O–H groups in total. The highest BCUT2D eigenvalue weighted by Gasteiger charge is 1.98. The third-order valence-electron chi connectivity index (χ3n) is 1.28. The highest BCUT2D eigenvalue weighted by atomic mass is 79.9. The minimum Gasteiger partial charge on any atom is -0.298 e. The minimum absolute atomic E-state index is 0.495. The van der Waals surface area contributed by atoms with Crippen LogP contribution in [0.4, 0.5) is 0 Å². The van der Waals surface area contributed by atoms with Crippen molar-refractivity contribution in [3.05, 3.63) is 33.8 Å². The molecule has 0 aromatic heterocycles. The molecule has 1 rings (SSSR count). The molecule has 0 aliphatic heterocycles. The van der Waals surface area contributed by atoms with E-state index in [1.165, 1.54) is 6.07 Å². The lowest BCUT2D eigenvalue weighted by atomic mass is 10.1. The van der Waals surface area contributed by atoms with Gasteiger partial charge in [-0.15, -0.1) is 0 Å². The molecule has 0 unspecified atom stereocenters. The zero-order valence-corrected chi connectivity index (χ0v) is 7.17. The zero-order chi connectivity index (χ0) is 8.27. The maximum atomic E-state index is 10.3. The van der Waals surface area contributed by atoms with Crippen molar-refractivity contribution in [1.29, 1.82) is 0 Å². The molecule has 11 heavy (non-hydrogen) atoms. The van der Waals surface area contributed by atoms with E-state index in [2.05, 4.69) is 15.9 Å². The third kappa shape index (κ3) is 1.74. The Kier molecular flexibility index (Phi) is 2.54. The number of halogens is 1. The van der Waals surface area contributed by atoms with E-state index in [0.717, 1.165) is 0 Å². The van der Waals surface area contributed by atoms with Gasteiger partial charge in [-0.3, -0.25) is 9.59 Å². The quantitative estimate of drug-likeness (QED) is 0.704. The van der Waals surface area contributed by atoms with Crippen LogP contribution in [0, 0.1) is 0 Å². The number of carbonyl (C=O) groups is 2. The Morgan fingerprint density at radius 3 is 2.45 bits per heavy atom. The number of rotatable bonds is 2. The Hall–Kier alpha value is -0.960. The molecule has 1 aromatic carbocycles. The Balaban J connectivity index is 3.22. The van der Waals surface area contributed by atoms with E-state index in [-0.39, 0.29) is 0 Å². The maximum Gasteiger partial charge on any atom is 0.151 e. The van der Waals surface area contributed by atoms with E-state index in [0.29, 0.717) is 28.2 Å². The lowest BCUT2D eigenvalue weighted by Gasteiger charge is -1.95. The summed E-state index contributed by atoms with van der Waals surface area (Å²) in [7, 11) is 0. The van der Waals surface area contributed by atoms with Crippen LogP contribution in [0.5, 0.6) is 0 Å². The van der Waals surface area contributed by atoms with Crippen LogP contribution in [0.2, 0.25) is 0 Å². The lowest BCUT2D eigenvalue weighted by Crippen LogP contribution is -1.85. The van der Waals surface area contributed by atoms with Crippen molar-refractivity contribution in [3.63, 3.8) is 0 Å². The highest BCUT2D eigenvalue weighted by Crippen LogP contribution is 2.15. The normalized spacial score (nSPS) is 9.18. The molecule has 3 heteroatoms. The van der Waals surface area contributed by atoms with Gasteiger partial charge in [0, 0.05) is 15.6 Å². The predicted molar refractivity (Wildman–Crippen MR) is 44.9 cm³/mol. The van der Waals surface area contributed by atoms with Crippen LogP contribution < -0.4 is 0 Å². The van der Waals surface area contributed by atoms with Gasteiger partial charge in [0.15, 0.2) is 6.29 Å². The predicted octanol–water partition coefficient (Wildman–Crippen LogP) is 2.07. The molecule has 0 atom stereocenters. The van der Waals surface area contributed by atoms with Crippen molar-refractivity contribution >= 4 is 28.5 Å². The standard InChI is InChI=1S/C8H5BrO2/c9-8-2-1-6(4-10)3-7(8)5-11/h1-5H. The molecule has 0 saturated heterocycles. The molecule has 56 valence electrons. The van der Waals surface area contributed by atoms with E-state index in [1.807, 2.05) is 0 Å². The number of hydrogen-bond donors (Lipinski definition) is 0. The Bertz CT molecular complexity index is 294. The first kappa shape index (κ1) is 8.14. The summed E-state index contributed by atoms with van der Waals surface area (Å²) in [5.41, 5.74) is 1.00. The molecule has 0 spiro atoms. The molecule has 0 bridgehead atoms. The lowest BCUT2D eigenvalue weighted by molar-refractivity contribution is 0.112. The summed E-state index contributed by atoms with van der Waals surface area (Å²) in [4.78, 5) is 20.6. The van der Waals surface area contributed by atoms with E-state index in [4.69, 9.17) is 0 Å². The molecule has 0 aliphatic carbocycles. The molecule has 0 saturated carbocycles. The number of benzene rings is 1. The average Bonchev–Trinajstić information content (AvgIpc) is 2.05. The second-order valence-corrected chi connectivity index (χ2v) is 2.87. The smallest absolute Gasteiger partial charge is 0.151 e. The molecule has 0 fully saturated rings. The van der Waals surface area contributed by atoms with Crippen molar-refractivity contribution in [1.82, 2.24) is 0 Å². The molecule has 0 heterocycles. The van der Waals surface area contributed by atoms with Crippen LogP contribution in [0.3, 0.4) is 0 Å². The van der Waals surface area contributed by atoms with Gasteiger partial charge in [-0.2, -0.15) is 0 Å². The summed E-state index contributed by atoms with van der Waals surface area (Å²) < 4.78 is 0.707. The van der Waals surface area contributed by atoms with Crippen LogP contribution in [0.25, 0.3) is 0 Å². The van der Waals surface area contributed by atoms with E-state index in [1.54, 1.807) is 12.1 Å². The van der Waals surface area contributed by atoms with Gasteiger partial charge in [-0.1, -0.05) is 22.0 Å². The topological polar surface area (TPSA) is 34.1 Å². The molecular weight excluding hydrogens is 208 g/mol. The fraction of sp³-hybridized carbons (Fsp3) is 0. The summed E-state index contributed by atoms with van der Waals surface area (Å²) in [5.74, 6) is 0. The Labute approximate surface area is 72.4 Å². The van der Waals surface area contributed by atoms with Gasteiger partial charge in [0.1, 0.15) is 6.29 Å². The number of hydrogen-bond acceptors (Lipinski definition) is 2. The molecule has 0 radical (unpaired) electrons. The molecule has 0 aliphatic rings. The summed E-state index contributed by atoms with van der Waals surface area (Å²) >= 11 is 3.17. The summed E-state index contributed by atoms with van der Waals surface area (Å²) in [6.07, 6.45) is 1.41. The van der Waals surface area contributed by atoms with Gasteiger partial charge in [-0.25, -0.2) is 0 Å². The fourth-order valence-electron chi connectivity index (χ4n) is 0.726. The van der Waals surface area contributed by atoms with E-state index < -0.39 is 0 Å². The minimum atomic E-state index is 0.495. The van der Waals surface area contributed by atoms with Gasteiger partial charge in [0.2, 0.25) is 0 Å². The first-order chi connectivity index (χ1) is 5.27. The summed E-state index contributed by atoms with van der Waals surface area (Å²) in [6.45, 7) is 0. The van der Waals surface area contributed by atoms with Crippen molar-refractivity contribution in [2.24, 2.45) is 0 Å². The SMILES string of the molecule is O=Cc1ccc(Br)c(C=O)c1. The second kappa shape index (κ2) is 3.44. The molecule has 2 nitrogen and oxygen atoms in total. The first-order valence-corrected chi connectivity index (χ1v) is 3.77.